The molecule has 0 unspecified atom stereocenters. The van der Waals surface area contributed by atoms with Gasteiger partial charge in [-0.3, -0.25) is 0 Å². The number of hydrogen-bond donors (Lipinski definition) is 4. The predicted molar refractivity (Wildman–Crippen MR) is 67.9 cm³/mol. The molecule has 0 fully saturated rings. The van der Waals surface area contributed by atoms with Crippen molar-refractivity contribution in [3.8, 4) is 5.75 Å². The number of guanidine groups is 2. The molecule has 7 heteroatoms. The van der Waals surface area contributed by atoms with Crippen LogP contribution in [0.1, 0.15) is 0 Å². The summed E-state index contributed by atoms with van der Waals surface area (Å²) in [4.78, 5) is 7.54. The van der Waals surface area contributed by atoms with Gasteiger partial charge in [-0.15, -0.1) is 0 Å². The van der Waals surface area contributed by atoms with Gasteiger partial charge in [-0.25, -0.2) is 4.99 Å². The highest BCUT2D eigenvalue weighted by atomic mass is 127. The van der Waals surface area contributed by atoms with Gasteiger partial charge in [-0.05, 0) is 40.8 Å². The fraction of sp³-hybridized carbons (Fsp3) is 0. The van der Waals surface area contributed by atoms with E-state index in [2.05, 4.69) is 9.98 Å². The minimum absolute atomic E-state index is 0.0291. The van der Waals surface area contributed by atoms with Gasteiger partial charge in [0.15, 0.2) is 5.96 Å². The Morgan fingerprint density at radius 1 is 1.27 bits per heavy atom. The lowest BCUT2D eigenvalue weighted by Crippen LogP contribution is -2.26. The van der Waals surface area contributed by atoms with E-state index >= 15 is 0 Å². The van der Waals surface area contributed by atoms with Gasteiger partial charge in [0.1, 0.15) is 5.75 Å². The molecule has 0 aliphatic heterocycles. The molecule has 0 aliphatic carbocycles. The third-order valence-corrected chi connectivity index (χ3v) is 2.27. The van der Waals surface area contributed by atoms with Crippen LogP contribution in [-0.2, 0) is 0 Å². The van der Waals surface area contributed by atoms with E-state index in [1.807, 2.05) is 22.6 Å². The molecule has 1 rings (SSSR count). The van der Waals surface area contributed by atoms with Crippen molar-refractivity contribution in [1.29, 1.82) is 0 Å². The summed E-state index contributed by atoms with van der Waals surface area (Å²) in [5, 5.41) is 9.16. The minimum Gasteiger partial charge on any atom is -0.508 e. The Morgan fingerprint density at radius 3 is 2.47 bits per heavy atom. The molecule has 0 saturated carbocycles. The molecule has 1 aromatic carbocycles. The first-order valence-corrected chi connectivity index (χ1v) is 4.99. The number of rotatable bonds is 1. The summed E-state index contributed by atoms with van der Waals surface area (Å²) >= 11 is 2.02. The second-order valence-electron chi connectivity index (χ2n) is 2.64. The van der Waals surface area contributed by atoms with Crippen molar-refractivity contribution in [2.45, 2.75) is 0 Å². The van der Waals surface area contributed by atoms with Crippen molar-refractivity contribution >= 4 is 40.2 Å². The van der Waals surface area contributed by atoms with Crippen molar-refractivity contribution in [2.24, 2.45) is 27.2 Å². The second-order valence-corrected chi connectivity index (χ2v) is 3.80. The first kappa shape index (κ1) is 11.6. The van der Waals surface area contributed by atoms with Gasteiger partial charge in [0, 0.05) is 3.57 Å². The van der Waals surface area contributed by atoms with E-state index in [0.29, 0.717) is 5.69 Å². The van der Waals surface area contributed by atoms with Gasteiger partial charge in [0.05, 0.1) is 5.69 Å². The zero-order valence-corrected chi connectivity index (χ0v) is 9.84. The van der Waals surface area contributed by atoms with E-state index < -0.39 is 0 Å². The molecule has 0 atom stereocenters. The van der Waals surface area contributed by atoms with Crippen LogP contribution < -0.4 is 17.2 Å². The molecule has 80 valence electrons. The molecule has 1 aromatic rings. The van der Waals surface area contributed by atoms with E-state index in [1.165, 1.54) is 6.07 Å². The summed E-state index contributed by atoms with van der Waals surface area (Å²) < 4.78 is 0.751. The fourth-order valence-corrected chi connectivity index (χ4v) is 1.49. The maximum atomic E-state index is 9.16. The molecular formula is C8H10IN5O. The molecule has 0 spiro atoms. The number of phenolic OH excluding ortho intramolecular Hbond substituents is 1. The molecule has 7 N–H and O–H groups in total. The van der Waals surface area contributed by atoms with Crippen LogP contribution in [0.15, 0.2) is 28.2 Å². The summed E-state index contributed by atoms with van der Waals surface area (Å²) in [6.07, 6.45) is 0. The molecule has 0 saturated heterocycles. The van der Waals surface area contributed by atoms with Crippen LogP contribution in [0, 0.1) is 3.57 Å². The van der Waals surface area contributed by atoms with Crippen molar-refractivity contribution in [1.82, 2.24) is 0 Å². The number of nitrogens with zero attached hydrogens (tertiary/aromatic N) is 2. The van der Waals surface area contributed by atoms with Crippen molar-refractivity contribution in [2.75, 3.05) is 0 Å². The van der Waals surface area contributed by atoms with E-state index in [4.69, 9.17) is 22.3 Å². The van der Waals surface area contributed by atoms with E-state index in [-0.39, 0.29) is 17.7 Å². The Morgan fingerprint density at radius 2 is 1.93 bits per heavy atom. The Bertz CT molecular complexity index is 425. The van der Waals surface area contributed by atoms with Gasteiger partial charge < -0.3 is 22.3 Å². The van der Waals surface area contributed by atoms with Gasteiger partial charge >= 0.3 is 0 Å². The lowest BCUT2D eigenvalue weighted by Gasteiger charge is -1.99. The molecule has 0 bridgehead atoms. The zero-order chi connectivity index (χ0) is 11.4. The highest BCUT2D eigenvalue weighted by Crippen LogP contribution is 2.25. The Balaban J connectivity index is 3.03. The average Bonchev–Trinajstić information content (AvgIpc) is 2.08. The SMILES string of the molecule is NC(N)=NC(N)=Nc1ccc(O)cc1I. The first-order valence-electron chi connectivity index (χ1n) is 3.91. The lowest BCUT2D eigenvalue weighted by molar-refractivity contribution is 0.475. The molecule has 0 heterocycles. The average molecular weight is 319 g/mol. The van der Waals surface area contributed by atoms with Crippen LogP contribution in [0.25, 0.3) is 0 Å². The molecule has 0 aliphatic rings. The smallest absolute Gasteiger partial charge is 0.223 e. The number of nitrogens with two attached hydrogens (primary N) is 3. The molecule has 0 amide bonds. The molecule has 6 nitrogen and oxygen atoms in total. The van der Waals surface area contributed by atoms with Crippen molar-refractivity contribution in [3.63, 3.8) is 0 Å². The monoisotopic (exact) mass is 319 g/mol. The van der Waals surface area contributed by atoms with Gasteiger partial charge in [0.25, 0.3) is 0 Å². The van der Waals surface area contributed by atoms with Gasteiger partial charge in [-0.2, -0.15) is 4.99 Å². The third-order valence-electron chi connectivity index (χ3n) is 1.41. The number of halogens is 1. The fourth-order valence-electron chi connectivity index (χ4n) is 0.867. The number of phenols is 1. The Hall–Kier alpha value is -1.51. The summed E-state index contributed by atoms with van der Waals surface area (Å²) in [5.41, 5.74) is 16.3. The zero-order valence-electron chi connectivity index (χ0n) is 7.68. The van der Waals surface area contributed by atoms with Crippen molar-refractivity contribution < 1.29 is 5.11 Å². The van der Waals surface area contributed by atoms with Crippen LogP contribution in [0.5, 0.6) is 5.75 Å². The maximum Gasteiger partial charge on any atom is 0.223 e. The number of aromatic hydroxyl groups is 1. The van der Waals surface area contributed by atoms with E-state index in [0.717, 1.165) is 3.57 Å². The maximum absolute atomic E-state index is 9.16. The lowest BCUT2D eigenvalue weighted by atomic mass is 10.3. The van der Waals surface area contributed by atoms with Crippen molar-refractivity contribution in [3.05, 3.63) is 21.8 Å². The van der Waals surface area contributed by atoms with Gasteiger partial charge in [-0.1, -0.05) is 0 Å². The van der Waals surface area contributed by atoms with Crippen LogP contribution in [0.4, 0.5) is 5.69 Å². The number of hydrogen-bond acceptors (Lipinski definition) is 2. The quantitative estimate of drug-likeness (QED) is 0.336. The minimum atomic E-state index is -0.148. The van der Waals surface area contributed by atoms with Crippen LogP contribution in [0.2, 0.25) is 0 Å². The highest BCUT2D eigenvalue weighted by Gasteiger charge is 2.00. The number of benzene rings is 1. The second kappa shape index (κ2) is 4.82. The van der Waals surface area contributed by atoms with E-state index in [9.17, 15) is 0 Å². The van der Waals surface area contributed by atoms with Crippen LogP contribution >= 0.6 is 22.6 Å². The molecule has 0 aromatic heterocycles. The number of aliphatic imine (C=N–C) groups is 2. The standard InChI is InChI=1S/C8H10IN5O/c9-5-3-4(15)1-2-6(5)13-8(12)14-7(10)11/h1-3,15H,(H6,10,11,12,13,14). The van der Waals surface area contributed by atoms with Gasteiger partial charge in [0.2, 0.25) is 5.96 Å². The highest BCUT2D eigenvalue weighted by molar-refractivity contribution is 14.1. The molecular weight excluding hydrogens is 309 g/mol. The topological polar surface area (TPSA) is 123 Å². The molecule has 15 heavy (non-hydrogen) atoms. The first-order chi connectivity index (χ1) is 6.99. The summed E-state index contributed by atoms with van der Waals surface area (Å²) in [5.74, 6) is -0.0117. The summed E-state index contributed by atoms with van der Waals surface area (Å²) in [6.45, 7) is 0. The van der Waals surface area contributed by atoms with Crippen LogP contribution in [0.3, 0.4) is 0 Å². The summed E-state index contributed by atoms with van der Waals surface area (Å²) in [7, 11) is 0. The van der Waals surface area contributed by atoms with Crippen LogP contribution in [-0.4, -0.2) is 17.0 Å². The molecule has 0 radical (unpaired) electrons. The largest absolute Gasteiger partial charge is 0.508 e. The Kier molecular flexibility index (Phi) is 3.72. The predicted octanol–water partition coefficient (Wildman–Crippen LogP) is 0.216. The summed E-state index contributed by atoms with van der Waals surface area (Å²) in [6, 6.07) is 4.68. The third kappa shape index (κ3) is 3.62. The normalized spacial score (nSPS) is 11.1. The van der Waals surface area contributed by atoms with E-state index in [1.54, 1.807) is 12.1 Å². The Labute approximate surface area is 100 Å².